The van der Waals surface area contributed by atoms with Gasteiger partial charge in [-0.25, -0.2) is 0 Å². The molecule has 2 rings (SSSR count). The summed E-state index contributed by atoms with van der Waals surface area (Å²) in [4.78, 5) is 11.4. The molecule has 2 unspecified atom stereocenters. The highest BCUT2D eigenvalue weighted by atomic mass is 16.1. The Morgan fingerprint density at radius 3 is 3.14 bits per heavy atom. The van der Waals surface area contributed by atoms with E-state index >= 15 is 0 Å². The van der Waals surface area contributed by atoms with E-state index in [4.69, 9.17) is 0 Å². The number of rotatable bonds is 1. The number of carbonyl (C=O) groups excluding carboxylic acids is 1. The van der Waals surface area contributed by atoms with Gasteiger partial charge in [-0.3, -0.25) is 4.79 Å². The van der Waals surface area contributed by atoms with E-state index in [1.54, 1.807) is 0 Å². The van der Waals surface area contributed by atoms with E-state index in [1.165, 1.54) is 12.0 Å². The summed E-state index contributed by atoms with van der Waals surface area (Å²) in [6.45, 7) is 6.19. The zero-order valence-corrected chi connectivity index (χ0v) is 8.88. The van der Waals surface area contributed by atoms with Crippen molar-refractivity contribution in [2.75, 3.05) is 0 Å². The van der Waals surface area contributed by atoms with Crippen molar-refractivity contribution < 1.29 is 4.79 Å². The van der Waals surface area contributed by atoms with Gasteiger partial charge < -0.3 is 0 Å². The maximum Gasteiger partial charge on any atom is 0.133 e. The van der Waals surface area contributed by atoms with Gasteiger partial charge in [-0.2, -0.15) is 0 Å². The van der Waals surface area contributed by atoms with Crippen LogP contribution in [0, 0.1) is 11.3 Å². The third-order valence-electron chi connectivity index (χ3n) is 4.06. The fourth-order valence-corrected chi connectivity index (χ4v) is 3.00. The molecular weight excluding hydrogens is 172 g/mol. The lowest BCUT2D eigenvalue weighted by Crippen LogP contribution is -2.37. The SMILES string of the molecule is C=CC1=CCCC2CC(=O)CCC12C. The van der Waals surface area contributed by atoms with Crippen LogP contribution in [0.2, 0.25) is 0 Å². The van der Waals surface area contributed by atoms with E-state index in [1.807, 2.05) is 6.08 Å². The zero-order chi connectivity index (χ0) is 10.2. The predicted molar refractivity (Wildman–Crippen MR) is 58.0 cm³/mol. The third-order valence-corrected chi connectivity index (χ3v) is 4.06. The van der Waals surface area contributed by atoms with E-state index in [0.717, 1.165) is 25.7 Å². The van der Waals surface area contributed by atoms with Gasteiger partial charge in [0.15, 0.2) is 0 Å². The van der Waals surface area contributed by atoms with Gasteiger partial charge in [-0.15, -0.1) is 0 Å². The maximum atomic E-state index is 11.4. The Kier molecular flexibility index (Phi) is 2.34. The van der Waals surface area contributed by atoms with Crippen LogP contribution in [-0.4, -0.2) is 5.78 Å². The monoisotopic (exact) mass is 190 g/mol. The summed E-state index contributed by atoms with van der Waals surface area (Å²) in [6, 6.07) is 0. The average Bonchev–Trinajstić information content (AvgIpc) is 2.18. The summed E-state index contributed by atoms with van der Waals surface area (Å²) < 4.78 is 0. The summed E-state index contributed by atoms with van der Waals surface area (Å²) in [6.07, 6.45) is 9.17. The lowest BCUT2D eigenvalue weighted by atomic mass is 9.59. The van der Waals surface area contributed by atoms with E-state index in [0.29, 0.717) is 11.7 Å². The topological polar surface area (TPSA) is 17.1 Å². The molecule has 0 aromatic heterocycles. The second kappa shape index (κ2) is 3.38. The molecule has 0 spiro atoms. The van der Waals surface area contributed by atoms with E-state index in [-0.39, 0.29) is 5.41 Å². The maximum absolute atomic E-state index is 11.4. The first-order chi connectivity index (χ1) is 6.66. The summed E-state index contributed by atoms with van der Waals surface area (Å²) in [5.74, 6) is 1.03. The van der Waals surface area contributed by atoms with Crippen LogP contribution in [0.15, 0.2) is 24.3 Å². The van der Waals surface area contributed by atoms with Crippen molar-refractivity contribution in [3.8, 4) is 0 Å². The normalized spacial score (nSPS) is 37.4. The number of hydrogen-bond acceptors (Lipinski definition) is 1. The Morgan fingerprint density at radius 1 is 1.64 bits per heavy atom. The molecule has 0 amide bonds. The van der Waals surface area contributed by atoms with Gasteiger partial charge in [-0.1, -0.05) is 25.7 Å². The van der Waals surface area contributed by atoms with Crippen LogP contribution >= 0.6 is 0 Å². The largest absolute Gasteiger partial charge is 0.300 e. The molecule has 2 aliphatic carbocycles. The molecule has 1 nitrogen and oxygen atoms in total. The Morgan fingerprint density at radius 2 is 2.43 bits per heavy atom. The minimum absolute atomic E-state index is 0.244. The highest BCUT2D eigenvalue weighted by molar-refractivity contribution is 5.80. The van der Waals surface area contributed by atoms with Crippen LogP contribution in [0.5, 0.6) is 0 Å². The van der Waals surface area contributed by atoms with Crippen molar-refractivity contribution in [3.05, 3.63) is 24.3 Å². The predicted octanol–water partition coefficient (Wildman–Crippen LogP) is 3.27. The van der Waals surface area contributed by atoms with Crippen molar-refractivity contribution in [1.29, 1.82) is 0 Å². The number of Topliss-reactive ketones (excluding diaryl/α,β-unsaturated/α-hetero) is 1. The average molecular weight is 190 g/mol. The van der Waals surface area contributed by atoms with Crippen LogP contribution in [0.25, 0.3) is 0 Å². The standard InChI is InChI=1S/C13H18O/c1-3-10-5-4-6-11-9-12(14)7-8-13(10,11)2/h3,5,11H,1,4,6-9H2,2H3. The van der Waals surface area contributed by atoms with Gasteiger partial charge in [0.05, 0.1) is 0 Å². The molecule has 0 heterocycles. The molecule has 2 aliphatic rings. The summed E-state index contributed by atoms with van der Waals surface area (Å²) in [5.41, 5.74) is 1.62. The number of ketones is 1. The van der Waals surface area contributed by atoms with Gasteiger partial charge in [0.1, 0.15) is 5.78 Å². The Balaban J connectivity index is 2.30. The molecule has 1 fully saturated rings. The van der Waals surface area contributed by atoms with Gasteiger partial charge in [0.25, 0.3) is 0 Å². The summed E-state index contributed by atoms with van der Waals surface area (Å²) >= 11 is 0. The quantitative estimate of drug-likeness (QED) is 0.620. The summed E-state index contributed by atoms with van der Waals surface area (Å²) in [7, 11) is 0. The fourth-order valence-electron chi connectivity index (χ4n) is 3.00. The first-order valence-electron chi connectivity index (χ1n) is 5.51. The molecular formula is C13H18O. The highest BCUT2D eigenvalue weighted by Crippen LogP contribution is 2.50. The van der Waals surface area contributed by atoms with E-state index in [2.05, 4.69) is 19.6 Å². The Hall–Kier alpha value is -0.850. The first-order valence-corrected chi connectivity index (χ1v) is 5.51. The van der Waals surface area contributed by atoms with Crippen LogP contribution in [0.3, 0.4) is 0 Å². The number of carbonyl (C=O) groups is 1. The van der Waals surface area contributed by atoms with Crippen molar-refractivity contribution >= 4 is 5.78 Å². The second-order valence-corrected chi connectivity index (χ2v) is 4.80. The Labute approximate surface area is 85.9 Å². The Bertz CT molecular complexity index is 300. The molecule has 0 aromatic carbocycles. The second-order valence-electron chi connectivity index (χ2n) is 4.80. The molecule has 0 aliphatic heterocycles. The number of allylic oxidation sites excluding steroid dienone is 3. The molecule has 0 radical (unpaired) electrons. The lowest BCUT2D eigenvalue weighted by molar-refractivity contribution is -0.124. The number of fused-ring (bicyclic) bond motifs is 1. The van der Waals surface area contributed by atoms with Crippen molar-refractivity contribution in [2.24, 2.45) is 11.3 Å². The van der Waals surface area contributed by atoms with Crippen molar-refractivity contribution in [2.45, 2.75) is 39.0 Å². The van der Waals surface area contributed by atoms with Crippen LogP contribution in [-0.2, 0) is 4.79 Å². The van der Waals surface area contributed by atoms with Gasteiger partial charge in [0, 0.05) is 12.8 Å². The minimum Gasteiger partial charge on any atom is -0.300 e. The molecule has 0 aromatic rings. The van der Waals surface area contributed by atoms with Crippen LogP contribution < -0.4 is 0 Å². The number of hydrogen-bond donors (Lipinski definition) is 0. The molecule has 1 saturated carbocycles. The smallest absolute Gasteiger partial charge is 0.133 e. The first kappa shape index (κ1) is 9.70. The third kappa shape index (κ3) is 1.35. The van der Waals surface area contributed by atoms with E-state index in [9.17, 15) is 4.79 Å². The molecule has 76 valence electrons. The highest BCUT2D eigenvalue weighted by Gasteiger charge is 2.42. The molecule has 0 N–H and O–H groups in total. The van der Waals surface area contributed by atoms with Gasteiger partial charge in [-0.05, 0) is 36.2 Å². The zero-order valence-electron chi connectivity index (χ0n) is 8.88. The fraction of sp³-hybridized carbons (Fsp3) is 0.615. The van der Waals surface area contributed by atoms with Gasteiger partial charge in [0.2, 0.25) is 0 Å². The van der Waals surface area contributed by atoms with Crippen molar-refractivity contribution in [1.82, 2.24) is 0 Å². The molecule has 0 saturated heterocycles. The minimum atomic E-state index is 0.244. The van der Waals surface area contributed by atoms with Crippen LogP contribution in [0.4, 0.5) is 0 Å². The summed E-state index contributed by atoms with van der Waals surface area (Å²) in [5, 5.41) is 0. The van der Waals surface area contributed by atoms with Gasteiger partial charge >= 0.3 is 0 Å². The lowest BCUT2D eigenvalue weighted by Gasteiger charge is -2.44. The van der Waals surface area contributed by atoms with E-state index < -0.39 is 0 Å². The molecule has 1 heteroatoms. The van der Waals surface area contributed by atoms with Crippen LogP contribution in [0.1, 0.15) is 39.0 Å². The van der Waals surface area contributed by atoms with Crippen molar-refractivity contribution in [3.63, 3.8) is 0 Å². The molecule has 14 heavy (non-hydrogen) atoms. The molecule has 2 atom stereocenters. The molecule has 0 bridgehead atoms.